The monoisotopic (exact) mass is 343 g/mol. The maximum absolute atomic E-state index is 12.9. The third kappa shape index (κ3) is 5.23. The molecule has 0 heterocycles. The Bertz CT molecular complexity index is 519. The summed E-state index contributed by atoms with van der Waals surface area (Å²) < 4.78 is 38.7. The van der Waals surface area contributed by atoms with Crippen molar-refractivity contribution in [3.63, 3.8) is 0 Å². The maximum Gasteiger partial charge on any atom is 0.391 e. The van der Waals surface area contributed by atoms with E-state index >= 15 is 0 Å². The summed E-state index contributed by atoms with van der Waals surface area (Å²) in [5, 5.41) is 11.9. The number of rotatable bonds is 6. The first-order chi connectivity index (χ1) is 11.4. The van der Waals surface area contributed by atoms with E-state index in [4.69, 9.17) is 5.11 Å². The van der Waals surface area contributed by atoms with Gasteiger partial charge in [0.05, 0.1) is 12.0 Å². The van der Waals surface area contributed by atoms with E-state index in [9.17, 15) is 18.0 Å². The molecular weight excluding hydrogens is 319 g/mol. The van der Waals surface area contributed by atoms with Crippen molar-refractivity contribution in [1.29, 1.82) is 0 Å². The van der Waals surface area contributed by atoms with E-state index in [1.807, 2.05) is 30.3 Å². The van der Waals surface area contributed by atoms with Gasteiger partial charge in [-0.2, -0.15) is 13.2 Å². The summed E-state index contributed by atoms with van der Waals surface area (Å²) in [6.07, 6.45) is -2.24. The third-order valence-electron chi connectivity index (χ3n) is 4.68. The predicted molar refractivity (Wildman–Crippen MR) is 85.1 cm³/mol. The molecule has 2 rings (SSSR count). The summed E-state index contributed by atoms with van der Waals surface area (Å²) in [6, 6.07) is 9.05. The normalized spacial score (nSPS) is 22.8. The molecule has 24 heavy (non-hydrogen) atoms. The zero-order valence-electron chi connectivity index (χ0n) is 13.6. The second kappa shape index (κ2) is 8.51. The Morgan fingerprint density at radius 3 is 2.58 bits per heavy atom. The summed E-state index contributed by atoms with van der Waals surface area (Å²) in [5.74, 6) is -2.28. The molecule has 0 bridgehead atoms. The number of hydrogen-bond donors (Lipinski definition) is 2. The molecule has 1 aromatic rings. The minimum Gasteiger partial charge on any atom is -0.396 e. The molecule has 1 aromatic carbocycles. The number of hydrogen-bond acceptors (Lipinski definition) is 2. The van der Waals surface area contributed by atoms with Crippen LogP contribution >= 0.6 is 0 Å². The Morgan fingerprint density at radius 1 is 1.25 bits per heavy atom. The van der Waals surface area contributed by atoms with Crippen molar-refractivity contribution in [3.05, 3.63) is 35.9 Å². The number of nitrogens with one attached hydrogen (secondary N) is 1. The maximum atomic E-state index is 12.9. The highest BCUT2D eigenvalue weighted by molar-refractivity contribution is 5.79. The van der Waals surface area contributed by atoms with Crippen LogP contribution in [0.5, 0.6) is 0 Å². The van der Waals surface area contributed by atoms with Gasteiger partial charge >= 0.3 is 6.18 Å². The second-order valence-corrected chi connectivity index (χ2v) is 6.44. The molecule has 1 fully saturated rings. The van der Waals surface area contributed by atoms with Crippen molar-refractivity contribution in [3.8, 4) is 0 Å². The predicted octanol–water partition coefficient (Wildman–Crippen LogP) is 3.99. The van der Waals surface area contributed by atoms with E-state index in [0.29, 0.717) is 25.7 Å². The fourth-order valence-electron chi connectivity index (χ4n) is 3.32. The van der Waals surface area contributed by atoms with Gasteiger partial charge in [-0.05, 0) is 37.7 Å². The summed E-state index contributed by atoms with van der Waals surface area (Å²) in [4.78, 5) is 12.5. The first kappa shape index (κ1) is 18.8. The largest absolute Gasteiger partial charge is 0.396 e. The summed E-state index contributed by atoms with van der Waals surface area (Å²) in [7, 11) is 0. The molecule has 0 radical (unpaired) electrons. The van der Waals surface area contributed by atoms with E-state index in [1.54, 1.807) is 0 Å². The average molecular weight is 343 g/mol. The number of aliphatic hydroxyl groups is 1. The molecule has 0 saturated heterocycles. The molecule has 3 nitrogen and oxygen atoms in total. The van der Waals surface area contributed by atoms with Crippen LogP contribution in [0.3, 0.4) is 0 Å². The molecule has 3 unspecified atom stereocenters. The molecular formula is C18H24F3NO2. The first-order valence-corrected chi connectivity index (χ1v) is 8.44. The summed E-state index contributed by atoms with van der Waals surface area (Å²) in [6.45, 7) is 0.0127. The highest BCUT2D eigenvalue weighted by Gasteiger charge is 2.43. The summed E-state index contributed by atoms with van der Waals surface area (Å²) >= 11 is 0. The SMILES string of the molecule is O=C(NC(CCCO)c1ccccc1)C1CCCC(C(F)(F)F)C1. The molecule has 0 aromatic heterocycles. The molecule has 3 atom stereocenters. The van der Waals surface area contributed by atoms with Gasteiger partial charge in [-0.1, -0.05) is 36.8 Å². The van der Waals surface area contributed by atoms with Crippen LogP contribution in [-0.2, 0) is 4.79 Å². The van der Waals surface area contributed by atoms with Gasteiger partial charge in [-0.15, -0.1) is 0 Å². The van der Waals surface area contributed by atoms with Crippen molar-refractivity contribution in [1.82, 2.24) is 5.32 Å². The summed E-state index contributed by atoms with van der Waals surface area (Å²) in [5.41, 5.74) is 0.905. The fraction of sp³-hybridized carbons (Fsp3) is 0.611. The van der Waals surface area contributed by atoms with Gasteiger partial charge < -0.3 is 10.4 Å². The molecule has 1 aliphatic carbocycles. The Labute approximate surface area is 140 Å². The Hall–Kier alpha value is -1.56. The number of benzene rings is 1. The van der Waals surface area contributed by atoms with Gasteiger partial charge in [0, 0.05) is 12.5 Å². The molecule has 6 heteroatoms. The van der Waals surface area contributed by atoms with Crippen LogP contribution in [0.25, 0.3) is 0 Å². The van der Waals surface area contributed by atoms with Gasteiger partial charge in [0.2, 0.25) is 5.91 Å². The van der Waals surface area contributed by atoms with E-state index in [2.05, 4.69) is 5.32 Å². The zero-order valence-corrected chi connectivity index (χ0v) is 13.6. The van der Waals surface area contributed by atoms with Crippen LogP contribution in [0.2, 0.25) is 0 Å². The van der Waals surface area contributed by atoms with Crippen LogP contribution in [0.1, 0.15) is 50.1 Å². The number of halogens is 3. The lowest BCUT2D eigenvalue weighted by Crippen LogP contribution is -2.39. The van der Waals surface area contributed by atoms with Gasteiger partial charge in [-0.3, -0.25) is 4.79 Å². The fourth-order valence-corrected chi connectivity index (χ4v) is 3.32. The lowest BCUT2D eigenvalue weighted by molar-refractivity contribution is -0.186. The number of aliphatic hydroxyl groups excluding tert-OH is 1. The average Bonchev–Trinajstić information content (AvgIpc) is 2.58. The quantitative estimate of drug-likeness (QED) is 0.821. The van der Waals surface area contributed by atoms with Crippen molar-refractivity contribution >= 4 is 5.91 Å². The topological polar surface area (TPSA) is 49.3 Å². The number of carbonyl (C=O) groups is 1. The van der Waals surface area contributed by atoms with E-state index < -0.39 is 18.0 Å². The lowest BCUT2D eigenvalue weighted by Gasteiger charge is -2.31. The van der Waals surface area contributed by atoms with Gasteiger partial charge in [-0.25, -0.2) is 0 Å². The Balaban J connectivity index is 2.01. The molecule has 0 spiro atoms. The van der Waals surface area contributed by atoms with Crippen LogP contribution in [0.4, 0.5) is 13.2 Å². The second-order valence-electron chi connectivity index (χ2n) is 6.44. The van der Waals surface area contributed by atoms with E-state index in [-0.39, 0.29) is 31.4 Å². The Kier molecular flexibility index (Phi) is 6.66. The van der Waals surface area contributed by atoms with Crippen molar-refractivity contribution in [2.75, 3.05) is 6.61 Å². The molecule has 2 N–H and O–H groups in total. The van der Waals surface area contributed by atoms with Crippen molar-refractivity contribution in [2.24, 2.45) is 11.8 Å². The number of carbonyl (C=O) groups excluding carboxylic acids is 1. The van der Waals surface area contributed by atoms with Crippen molar-refractivity contribution in [2.45, 2.75) is 50.7 Å². The van der Waals surface area contributed by atoms with Crippen LogP contribution in [-0.4, -0.2) is 23.8 Å². The van der Waals surface area contributed by atoms with Crippen molar-refractivity contribution < 1.29 is 23.1 Å². The molecule has 1 aliphatic rings. The first-order valence-electron chi connectivity index (χ1n) is 8.44. The Morgan fingerprint density at radius 2 is 1.96 bits per heavy atom. The van der Waals surface area contributed by atoms with Gasteiger partial charge in [0.15, 0.2) is 0 Å². The van der Waals surface area contributed by atoms with E-state index in [1.165, 1.54) is 0 Å². The standard InChI is InChI=1S/C18H24F3NO2/c19-18(20,21)15-9-4-8-14(12-15)17(24)22-16(10-5-11-23)13-6-2-1-3-7-13/h1-3,6-7,14-16,23H,4-5,8-12H2,(H,22,24). The highest BCUT2D eigenvalue weighted by Crippen LogP contribution is 2.40. The van der Waals surface area contributed by atoms with Crippen LogP contribution in [0, 0.1) is 11.8 Å². The number of amides is 1. The highest BCUT2D eigenvalue weighted by atomic mass is 19.4. The molecule has 1 amide bonds. The molecule has 134 valence electrons. The minimum absolute atomic E-state index is 0.0127. The lowest BCUT2D eigenvalue weighted by atomic mass is 9.80. The van der Waals surface area contributed by atoms with Gasteiger partial charge in [0.25, 0.3) is 0 Å². The third-order valence-corrected chi connectivity index (χ3v) is 4.68. The molecule has 1 saturated carbocycles. The smallest absolute Gasteiger partial charge is 0.391 e. The minimum atomic E-state index is -4.23. The zero-order chi connectivity index (χ0) is 17.6. The van der Waals surface area contributed by atoms with Crippen LogP contribution in [0.15, 0.2) is 30.3 Å². The number of alkyl halides is 3. The molecule has 0 aliphatic heterocycles. The van der Waals surface area contributed by atoms with Crippen LogP contribution < -0.4 is 5.32 Å². The van der Waals surface area contributed by atoms with Gasteiger partial charge in [0.1, 0.15) is 0 Å². The van der Waals surface area contributed by atoms with E-state index in [0.717, 1.165) is 5.56 Å².